The molecule has 1 atom stereocenters. The van der Waals surface area contributed by atoms with Crippen LogP contribution in [0.3, 0.4) is 0 Å². The fourth-order valence-electron chi connectivity index (χ4n) is 2.45. The third-order valence-corrected chi connectivity index (χ3v) is 4.23. The third kappa shape index (κ3) is 8.61. The lowest BCUT2D eigenvalue weighted by molar-refractivity contribution is -0.130. The summed E-state index contributed by atoms with van der Waals surface area (Å²) in [6.45, 7) is 10.5. The maximum atomic E-state index is 11.7. The van der Waals surface area contributed by atoms with Crippen molar-refractivity contribution in [2.45, 2.75) is 40.3 Å². The van der Waals surface area contributed by atoms with Gasteiger partial charge in [-0.3, -0.25) is 4.79 Å². The Kier molecular flexibility index (Phi) is 9.79. The Hall–Kier alpha value is -2.28. The van der Waals surface area contributed by atoms with Crippen molar-refractivity contribution in [1.82, 2.24) is 15.5 Å². The number of rotatable bonds is 9. The number of likely N-dealkylation sites (N-methyl/N-ethyl adjacent to an activating group) is 1. The van der Waals surface area contributed by atoms with Crippen LogP contribution in [0.25, 0.3) is 0 Å². The molecule has 1 aromatic carbocycles. The van der Waals surface area contributed by atoms with Gasteiger partial charge >= 0.3 is 0 Å². The molecule has 0 aliphatic heterocycles. The first kappa shape index (κ1) is 23.8. The normalized spacial score (nSPS) is 13.0. The van der Waals surface area contributed by atoms with Gasteiger partial charge in [0.2, 0.25) is 0 Å². The fraction of sp³-hybridized carbons (Fsp3) is 0.619. The SMILES string of the molecule is CCNC(=NCc1cccc(OCC(=O)N(C)C)c1)NCC(OC)C(C)(C)C. The monoisotopic (exact) mass is 392 g/mol. The van der Waals surface area contributed by atoms with Crippen molar-refractivity contribution in [1.29, 1.82) is 0 Å². The predicted molar refractivity (Wildman–Crippen MR) is 114 cm³/mol. The Labute approximate surface area is 169 Å². The molecule has 2 N–H and O–H groups in total. The summed E-state index contributed by atoms with van der Waals surface area (Å²) in [6.07, 6.45) is 0.0716. The molecule has 1 unspecified atom stereocenters. The molecule has 0 bridgehead atoms. The third-order valence-electron chi connectivity index (χ3n) is 4.23. The Morgan fingerprint density at radius 3 is 2.54 bits per heavy atom. The first-order valence-electron chi connectivity index (χ1n) is 9.64. The molecule has 158 valence electrons. The van der Waals surface area contributed by atoms with Gasteiger partial charge in [0.05, 0.1) is 12.6 Å². The molecule has 1 aromatic rings. The number of ether oxygens (including phenoxy) is 2. The van der Waals surface area contributed by atoms with Gasteiger partial charge in [0.25, 0.3) is 5.91 Å². The smallest absolute Gasteiger partial charge is 0.259 e. The number of nitrogens with one attached hydrogen (secondary N) is 2. The molecule has 0 aliphatic rings. The standard InChI is InChI=1S/C21H36N4O3/c1-8-22-20(24-14-18(27-7)21(2,3)4)23-13-16-10-9-11-17(12-16)28-15-19(26)25(5)6/h9-12,18H,8,13-15H2,1-7H3,(H2,22,23,24). The van der Waals surface area contributed by atoms with E-state index in [1.165, 1.54) is 4.90 Å². The summed E-state index contributed by atoms with van der Waals surface area (Å²) < 4.78 is 11.2. The molecule has 0 radical (unpaired) electrons. The van der Waals surface area contributed by atoms with Crippen molar-refractivity contribution in [2.24, 2.45) is 10.4 Å². The molecule has 0 fully saturated rings. The zero-order chi connectivity index (χ0) is 21.2. The van der Waals surface area contributed by atoms with Crippen molar-refractivity contribution < 1.29 is 14.3 Å². The van der Waals surface area contributed by atoms with Gasteiger partial charge in [0, 0.05) is 34.3 Å². The summed E-state index contributed by atoms with van der Waals surface area (Å²) in [7, 11) is 5.15. The van der Waals surface area contributed by atoms with Crippen molar-refractivity contribution in [3.63, 3.8) is 0 Å². The minimum Gasteiger partial charge on any atom is -0.484 e. The van der Waals surface area contributed by atoms with Gasteiger partial charge in [-0.15, -0.1) is 0 Å². The summed E-state index contributed by atoms with van der Waals surface area (Å²) in [4.78, 5) is 17.8. The lowest BCUT2D eigenvalue weighted by Crippen LogP contribution is -2.45. The van der Waals surface area contributed by atoms with E-state index in [4.69, 9.17) is 9.47 Å². The number of guanidine groups is 1. The van der Waals surface area contributed by atoms with E-state index in [9.17, 15) is 4.79 Å². The fourth-order valence-corrected chi connectivity index (χ4v) is 2.45. The Balaban J connectivity index is 2.71. The van der Waals surface area contributed by atoms with Crippen molar-refractivity contribution >= 4 is 11.9 Å². The van der Waals surface area contributed by atoms with E-state index in [0.29, 0.717) is 18.8 Å². The largest absolute Gasteiger partial charge is 0.484 e. The number of nitrogens with zero attached hydrogens (tertiary/aromatic N) is 2. The minimum atomic E-state index is -0.0754. The van der Waals surface area contributed by atoms with Gasteiger partial charge in [-0.25, -0.2) is 4.99 Å². The number of benzene rings is 1. The predicted octanol–water partition coefficient (Wildman–Crippen LogP) is 2.27. The van der Waals surface area contributed by atoms with Gasteiger partial charge in [0.1, 0.15) is 5.75 Å². The van der Waals surface area contributed by atoms with Gasteiger partial charge in [-0.1, -0.05) is 32.9 Å². The quantitative estimate of drug-likeness (QED) is 0.498. The van der Waals surface area contributed by atoms with E-state index in [-0.39, 0.29) is 24.0 Å². The highest BCUT2D eigenvalue weighted by Gasteiger charge is 2.24. The molecule has 0 aromatic heterocycles. The second-order valence-electron chi connectivity index (χ2n) is 7.89. The first-order valence-corrected chi connectivity index (χ1v) is 9.64. The van der Waals surface area contributed by atoms with Gasteiger partial charge in [0.15, 0.2) is 12.6 Å². The van der Waals surface area contributed by atoms with Crippen LogP contribution in [-0.2, 0) is 16.1 Å². The molecule has 0 spiro atoms. The van der Waals surface area contributed by atoms with E-state index >= 15 is 0 Å². The van der Waals surface area contributed by atoms with E-state index in [0.717, 1.165) is 18.1 Å². The van der Waals surface area contributed by atoms with E-state index in [1.807, 2.05) is 31.2 Å². The number of aliphatic imine (C=N–C) groups is 1. The average Bonchev–Trinajstić information content (AvgIpc) is 2.63. The van der Waals surface area contributed by atoms with Crippen LogP contribution in [0.15, 0.2) is 29.3 Å². The Morgan fingerprint density at radius 1 is 1.25 bits per heavy atom. The average molecular weight is 393 g/mol. The highest BCUT2D eigenvalue weighted by molar-refractivity contribution is 5.79. The van der Waals surface area contributed by atoms with Crippen LogP contribution in [0.4, 0.5) is 0 Å². The Morgan fingerprint density at radius 2 is 1.96 bits per heavy atom. The first-order chi connectivity index (χ1) is 13.2. The number of hydrogen-bond acceptors (Lipinski definition) is 4. The zero-order valence-corrected chi connectivity index (χ0v) is 18.3. The van der Waals surface area contributed by atoms with E-state index < -0.39 is 0 Å². The number of amides is 1. The van der Waals surface area contributed by atoms with Gasteiger partial charge in [-0.05, 0) is 30.0 Å². The lowest BCUT2D eigenvalue weighted by atomic mass is 9.89. The molecule has 1 amide bonds. The Bertz CT molecular complexity index is 639. The minimum absolute atomic E-state index is 0.0229. The van der Waals surface area contributed by atoms with Crippen LogP contribution >= 0.6 is 0 Å². The second-order valence-corrected chi connectivity index (χ2v) is 7.89. The van der Waals surface area contributed by atoms with Crippen LogP contribution < -0.4 is 15.4 Å². The maximum Gasteiger partial charge on any atom is 0.259 e. The highest BCUT2D eigenvalue weighted by atomic mass is 16.5. The van der Waals surface area contributed by atoms with Crippen LogP contribution in [0.2, 0.25) is 0 Å². The van der Waals surface area contributed by atoms with Crippen molar-refractivity contribution in [3.05, 3.63) is 29.8 Å². The van der Waals surface area contributed by atoms with Gasteiger partial charge in [-0.2, -0.15) is 0 Å². The number of carbonyl (C=O) groups excluding carboxylic acids is 1. The molecule has 0 saturated heterocycles. The summed E-state index contributed by atoms with van der Waals surface area (Å²) >= 11 is 0. The molecular formula is C21H36N4O3. The molecule has 7 nitrogen and oxygen atoms in total. The highest BCUT2D eigenvalue weighted by Crippen LogP contribution is 2.21. The molecule has 1 rings (SSSR count). The summed E-state index contributed by atoms with van der Waals surface area (Å²) in [5, 5.41) is 6.60. The second kappa shape index (κ2) is 11.5. The lowest BCUT2D eigenvalue weighted by Gasteiger charge is -2.30. The van der Waals surface area contributed by atoms with E-state index in [2.05, 4.69) is 36.4 Å². The number of carbonyl (C=O) groups is 1. The van der Waals surface area contributed by atoms with Crippen molar-refractivity contribution in [2.75, 3.05) is 40.9 Å². The number of methoxy groups -OCH3 is 1. The topological polar surface area (TPSA) is 75.2 Å². The van der Waals surface area contributed by atoms with Crippen LogP contribution in [0.5, 0.6) is 5.75 Å². The maximum absolute atomic E-state index is 11.7. The van der Waals surface area contributed by atoms with Crippen LogP contribution in [-0.4, -0.2) is 63.8 Å². The zero-order valence-electron chi connectivity index (χ0n) is 18.3. The number of hydrogen-bond donors (Lipinski definition) is 2. The molecule has 0 saturated carbocycles. The molecule has 7 heteroatoms. The van der Waals surface area contributed by atoms with Crippen LogP contribution in [0, 0.1) is 5.41 Å². The van der Waals surface area contributed by atoms with Crippen molar-refractivity contribution in [3.8, 4) is 5.75 Å². The van der Waals surface area contributed by atoms with Gasteiger partial charge < -0.3 is 25.0 Å². The van der Waals surface area contributed by atoms with Crippen LogP contribution in [0.1, 0.15) is 33.3 Å². The summed E-state index contributed by atoms with van der Waals surface area (Å²) in [5.74, 6) is 1.32. The molecule has 0 aliphatic carbocycles. The van der Waals surface area contributed by atoms with E-state index in [1.54, 1.807) is 21.2 Å². The molecular weight excluding hydrogens is 356 g/mol. The summed E-state index contributed by atoms with van der Waals surface area (Å²) in [5.41, 5.74) is 1.04. The molecule has 0 heterocycles. The molecule has 28 heavy (non-hydrogen) atoms. The summed E-state index contributed by atoms with van der Waals surface area (Å²) in [6, 6.07) is 7.64.